The fraction of sp³-hybridized carbons (Fsp3) is 0.889. The van der Waals surface area contributed by atoms with Crippen LogP contribution in [0, 0.1) is 65.1 Å². The van der Waals surface area contributed by atoms with Gasteiger partial charge in [0.15, 0.2) is 0 Å². The summed E-state index contributed by atoms with van der Waals surface area (Å²) in [6.45, 7) is -0.0260. The van der Waals surface area contributed by atoms with Crippen LogP contribution >= 0.6 is 0 Å². The number of hydrogen-bond donors (Lipinski definition) is 0. The molecule has 0 N–H and O–H groups in total. The standard InChI is InChI=1S/C18H23F/c19-7-11-4-10-5-12(11)18-14-6-13(17(10)18)15-8-1-2-9(3-8)16(14)15/h1-2,8-18H,3-7H2/t8-,9+,10+,11-,12+,13+,14-,15?,16?,17?,18?/m0/s1. The van der Waals surface area contributed by atoms with Gasteiger partial charge >= 0.3 is 0 Å². The van der Waals surface area contributed by atoms with Gasteiger partial charge in [-0.3, -0.25) is 4.39 Å². The van der Waals surface area contributed by atoms with Crippen LogP contribution in [0.1, 0.15) is 25.7 Å². The van der Waals surface area contributed by atoms with Crippen molar-refractivity contribution < 1.29 is 4.39 Å². The lowest BCUT2D eigenvalue weighted by Crippen LogP contribution is -2.42. The second-order valence-corrected chi connectivity index (χ2v) is 8.63. The molecule has 6 bridgehead atoms. The second kappa shape index (κ2) is 3.12. The normalized spacial score (nSPS) is 70.1. The second-order valence-electron chi connectivity index (χ2n) is 8.63. The first-order chi connectivity index (χ1) is 9.36. The molecule has 0 heterocycles. The smallest absolute Gasteiger partial charge is 0.0925 e. The Morgan fingerprint density at radius 3 is 2.21 bits per heavy atom. The van der Waals surface area contributed by atoms with Crippen LogP contribution in [0.15, 0.2) is 12.2 Å². The Labute approximate surface area is 114 Å². The lowest BCUT2D eigenvalue weighted by atomic mass is 9.59. The topological polar surface area (TPSA) is 0 Å². The molecule has 0 radical (unpaired) electrons. The number of alkyl halides is 1. The van der Waals surface area contributed by atoms with Crippen LogP contribution in [0.5, 0.6) is 0 Å². The van der Waals surface area contributed by atoms with Gasteiger partial charge < -0.3 is 0 Å². The Morgan fingerprint density at radius 1 is 0.737 bits per heavy atom. The molecule has 6 aliphatic carbocycles. The van der Waals surface area contributed by atoms with Crippen molar-refractivity contribution in [1.29, 1.82) is 0 Å². The van der Waals surface area contributed by atoms with Gasteiger partial charge in [-0.15, -0.1) is 0 Å². The number of halogens is 1. The minimum Gasteiger partial charge on any atom is -0.251 e. The van der Waals surface area contributed by atoms with Crippen molar-refractivity contribution in [2.24, 2.45) is 65.1 Å². The average Bonchev–Trinajstić information content (AvgIpc) is 3.20. The number of fused-ring (bicyclic) bond motifs is 16. The highest BCUT2D eigenvalue weighted by molar-refractivity contribution is 5.24. The molecule has 6 aliphatic rings. The Bertz CT molecular complexity index is 468. The van der Waals surface area contributed by atoms with Crippen molar-refractivity contribution in [2.75, 3.05) is 6.67 Å². The molecular weight excluding hydrogens is 235 g/mol. The molecule has 19 heavy (non-hydrogen) atoms. The predicted octanol–water partition coefficient (Wildman–Crippen LogP) is 3.93. The predicted molar refractivity (Wildman–Crippen MR) is 72.0 cm³/mol. The Hall–Kier alpha value is -0.330. The fourth-order valence-corrected chi connectivity index (χ4v) is 8.56. The molecular formula is C18H23F. The van der Waals surface area contributed by atoms with Gasteiger partial charge in [-0.25, -0.2) is 0 Å². The monoisotopic (exact) mass is 258 g/mol. The number of allylic oxidation sites excluding steroid dienone is 2. The van der Waals surface area contributed by atoms with Crippen LogP contribution in [-0.2, 0) is 0 Å². The highest BCUT2D eigenvalue weighted by atomic mass is 19.1. The third kappa shape index (κ3) is 0.976. The maximum Gasteiger partial charge on any atom is 0.0925 e. The molecule has 1 heteroatoms. The van der Waals surface area contributed by atoms with Gasteiger partial charge in [0.2, 0.25) is 0 Å². The summed E-state index contributed by atoms with van der Waals surface area (Å²) in [5, 5.41) is 0. The van der Waals surface area contributed by atoms with Crippen LogP contribution in [0.2, 0.25) is 0 Å². The Morgan fingerprint density at radius 2 is 1.47 bits per heavy atom. The number of hydrogen-bond acceptors (Lipinski definition) is 0. The molecule has 0 aromatic carbocycles. The summed E-state index contributed by atoms with van der Waals surface area (Å²) in [4.78, 5) is 0. The molecule has 5 fully saturated rings. The SMILES string of the molecule is FC[C@@H]1C[C@@H]2C[C@H]1C1C2[C@@H]2C[C@H]1C1C2[C@H]2C=C[C@@H]1C2. The molecule has 0 aromatic rings. The molecule has 0 amide bonds. The van der Waals surface area contributed by atoms with Crippen molar-refractivity contribution in [3.63, 3.8) is 0 Å². The molecule has 4 unspecified atom stereocenters. The van der Waals surface area contributed by atoms with E-state index in [2.05, 4.69) is 12.2 Å². The quantitative estimate of drug-likeness (QED) is 0.494. The minimum atomic E-state index is -0.0260. The zero-order chi connectivity index (χ0) is 12.3. The maximum atomic E-state index is 13.3. The van der Waals surface area contributed by atoms with Gasteiger partial charge in [0.25, 0.3) is 0 Å². The van der Waals surface area contributed by atoms with E-state index in [9.17, 15) is 4.39 Å². The number of rotatable bonds is 1. The van der Waals surface area contributed by atoms with E-state index in [1.807, 2.05) is 0 Å². The van der Waals surface area contributed by atoms with E-state index < -0.39 is 0 Å². The summed E-state index contributed by atoms with van der Waals surface area (Å²) in [5.41, 5.74) is 0. The molecule has 0 aliphatic heterocycles. The van der Waals surface area contributed by atoms with E-state index >= 15 is 0 Å². The van der Waals surface area contributed by atoms with E-state index in [0.717, 1.165) is 59.2 Å². The molecule has 0 spiro atoms. The van der Waals surface area contributed by atoms with E-state index in [-0.39, 0.29) is 6.67 Å². The molecule has 0 saturated heterocycles. The van der Waals surface area contributed by atoms with Crippen molar-refractivity contribution in [3.05, 3.63) is 12.2 Å². The van der Waals surface area contributed by atoms with Gasteiger partial charge in [-0.2, -0.15) is 0 Å². The van der Waals surface area contributed by atoms with Crippen LogP contribution in [0.25, 0.3) is 0 Å². The summed E-state index contributed by atoms with van der Waals surface area (Å²) >= 11 is 0. The highest BCUT2D eigenvalue weighted by Gasteiger charge is 2.70. The van der Waals surface area contributed by atoms with Crippen LogP contribution in [0.3, 0.4) is 0 Å². The largest absolute Gasteiger partial charge is 0.251 e. The lowest BCUT2D eigenvalue weighted by Gasteiger charge is -2.45. The molecule has 0 aromatic heterocycles. The van der Waals surface area contributed by atoms with Gasteiger partial charge in [-0.1, -0.05) is 12.2 Å². The van der Waals surface area contributed by atoms with Crippen LogP contribution in [-0.4, -0.2) is 6.67 Å². The van der Waals surface area contributed by atoms with Gasteiger partial charge in [0.05, 0.1) is 6.67 Å². The van der Waals surface area contributed by atoms with Crippen molar-refractivity contribution >= 4 is 0 Å². The third-order valence-corrected chi connectivity index (χ3v) is 8.57. The summed E-state index contributed by atoms with van der Waals surface area (Å²) in [5.74, 6) is 10.2. The Kier molecular flexibility index (Phi) is 1.71. The summed E-state index contributed by atoms with van der Waals surface area (Å²) in [6.07, 6.45) is 10.8. The molecule has 11 atom stereocenters. The van der Waals surface area contributed by atoms with E-state index in [4.69, 9.17) is 0 Å². The maximum absolute atomic E-state index is 13.3. The van der Waals surface area contributed by atoms with Gasteiger partial charge in [0.1, 0.15) is 0 Å². The van der Waals surface area contributed by atoms with E-state index in [1.165, 1.54) is 25.7 Å². The zero-order valence-electron chi connectivity index (χ0n) is 11.4. The summed E-state index contributed by atoms with van der Waals surface area (Å²) in [6, 6.07) is 0. The van der Waals surface area contributed by atoms with Crippen molar-refractivity contribution in [1.82, 2.24) is 0 Å². The fourth-order valence-electron chi connectivity index (χ4n) is 8.56. The summed E-state index contributed by atoms with van der Waals surface area (Å²) < 4.78 is 13.3. The van der Waals surface area contributed by atoms with E-state index in [0.29, 0.717) is 5.92 Å². The zero-order valence-corrected chi connectivity index (χ0v) is 11.4. The first-order valence-electron chi connectivity index (χ1n) is 8.61. The first-order valence-corrected chi connectivity index (χ1v) is 8.61. The van der Waals surface area contributed by atoms with Crippen molar-refractivity contribution in [2.45, 2.75) is 25.7 Å². The minimum absolute atomic E-state index is 0.0260. The third-order valence-electron chi connectivity index (χ3n) is 8.57. The highest BCUT2D eigenvalue weighted by Crippen LogP contribution is 2.76. The van der Waals surface area contributed by atoms with Crippen molar-refractivity contribution in [3.8, 4) is 0 Å². The Balaban J connectivity index is 1.42. The van der Waals surface area contributed by atoms with E-state index in [1.54, 1.807) is 0 Å². The first kappa shape index (κ1) is 10.4. The summed E-state index contributed by atoms with van der Waals surface area (Å²) in [7, 11) is 0. The molecule has 5 saturated carbocycles. The average molecular weight is 258 g/mol. The van der Waals surface area contributed by atoms with Gasteiger partial charge in [0, 0.05) is 0 Å². The molecule has 0 nitrogen and oxygen atoms in total. The molecule has 102 valence electrons. The van der Waals surface area contributed by atoms with Crippen LogP contribution in [0.4, 0.5) is 4.39 Å². The van der Waals surface area contributed by atoms with Crippen LogP contribution < -0.4 is 0 Å². The van der Waals surface area contributed by atoms with Gasteiger partial charge in [-0.05, 0) is 90.8 Å². The molecule has 6 rings (SSSR count). The lowest BCUT2D eigenvalue weighted by molar-refractivity contribution is 0.0241.